The Kier molecular flexibility index (Phi) is 7.60. The van der Waals surface area contributed by atoms with Crippen LogP contribution in [0.25, 0.3) is 0 Å². The number of aliphatic hydroxyl groups excluding tert-OH is 1. The fourth-order valence-electron chi connectivity index (χ4n) is 2.19. The minimum Gasteiger partial charge on any atom is -0.396 e. The molecular weight excluding hydrogens is 280 g/mol. The maximum Gasteiger partial charge on any atom is 0.253 e. The molecule has 1 aromatic carbocycles. The van der Waals surface area contributed by atoms with E-state index in [0.717, 1.165) is 18.4 Å². The van der Waals surface area contributed by atoms with Crippen molar-refractivity contribution in [1.82, 2.24) is 4.90 Å². The largest absolute Gasteiger partial charge is 0.396 e. The van der Waals surface area contributed by atoms with Gasteiger partial charge in [-0.3, -0.25) is 9.59 Å². The van der Waals surface area contributed by atoms with E-state index in [1.807, 2.05) is 13.0 Å². The Hall–Kier alpha value is -1.88. The van der Waals surface area contributed by atoms with Crippen LogP contribution in [0.3, 0.4) is 0 Å². The monoisotopic (exact) mass is 306 g/mol. The van der Waals surface area contributed by atoms with Gasteiger partial charge >= 0.3 is 0 Å². The molecule has 2 N–H and O–H groups in total. The van der Waals surface area contributed by atoms with Crippen LogP contribution in [-0.2, 0) is 4.79 Å². The number of nitrogens with zero attached hydrogens (tertiary/aromatic N) is 1. The summed E-state index contributed by atoms with van der Waals surface area (Å²) in [5.41, 5.74) is 2.14. The van der Waals surface area contributed by atoms with Crippen LogP contribution < -0.4 is 5.32 Å². The highest BCUT2D eigenvalue weighted by atomic mass is 16.3. The minimum atomic E-state index is -0.157. The molecule has 122 valence electrons. The fourth-order valence-corrected chi connectivity index (χ4v) is 2.19. The summed E-state index contributed by atoms with van der Waals surface area (Å²) < 4.78 is 0. The maximum absolute atomic E-state index is 12.6. The number of carbonyl (C=O) groups is 2. The van der Waals surface area contributed by atoms with Gasteiger partial charge < -0.3 is 15.3 Å². The molecule has 5 heteroatoms. The third-order valence-corrected chi connectivity index (χ3v) is 3.45. The topological polar surface area (TPSA) is 69.6 Å². The summed E-state index contributed by atoms with van der Waals surface area (Å²) >= 11 is 0. The number of rotatable bonds is 8. The Bertz CT molecular complexity index is 507. The highest BCUT2D eigenvalue weighted by Gasteiger charge is 2.16. The molecule has 0 aliphatic rings. The fraction of sp³-hybridized carbons (Fsp3) is 0.529. The van der Waals surface area contributed by atoms with Crippen LogP contribution in [0, 0.1) is 6.92 Å². The van der Waals surface area contributed by atoms with Gasteiger partial charge in [0.1, 0.15) is 0 Å². The third-order valence-electron chi connectivity index (χ3n) is 3.45. The Morgan fingerprint density at radius 2 is 1.91 bits per heavy atom. The SMILES string of the molecule is CCCCN(CCCO)C(=O)c1ccc(C)c(NC(C)=O)c1. The zero-order chi connectivity index (χ0) is 16.5. The first-order valence-electron chi connectivity index (χ1n) is 7.78. The first kappa shape index (κ1) is 18.2. The average molecular weight is 306 g/mol. The molecule has 0 aromatic heterocycles. The number of anilines is 1. The molecule has 0 atom stereocenters. The predicted octanol–water partition coefficient (Wildman–Crippen LogP) is 2.58. The van der Waals surface area contributed by atoms with E-state index in [0.29, 0.717) is 30.8 Å². The van der Waals surface area contributed by atoms with Gasteiger partial charge in [-0.05, 0) is 37.5 Å². The van der Waals surface area contributed by atoms with Crippen molar-refractivity contribution < 1.29 is 14.7 Å². The van der Waals surface area contributed by atoms with Crippen molar-refractivity contribution in [3.63, 3.8) is 0 Å². The highest BCUT2D eigenvalue weighted by Crippen LogP contribution is 2.18. The molecule has 0 spiro atoms. The van der Waals surface area contributed by atoms with Gasteiger partial charge in [-0.15, -0.1) is 0 Å². The van der Waals surface area contributed by atoms with Gasteiger partial charge in [-0.2, -0.15) is 0 Å². The molecule has 2 amide bonds. The van der Waals surface area contributed by atoms with Crippen LogP contribution in [-0.4, -0.2) is 41.5 Å². The van der Waals surface area contributed by atoms with Crippen LogP contribution in [0.5, 0.6) is 0 Å². The molecule has 0 unspecified atom stereocenters. The minimum absolute atomic E-state index is 0.0616. The van der Waals surface area contributed by atoms with E-state index >= 15 is 0 Å². The van der Waals surface area contributed by atoms with Crippen molar-refractivity contribution >= 4 is 17.5 Å². The first-order chi connectivity index (χ1) is 10.5. The Balaban J connectivity index is 2.94. The summed E-state index contributed by atoms with van der Waals surface area (Å²) in [6.45, 7) is 6.71. The molecule has 5 nitrogen and oxygen atoms in total. The van der Waals surface area contributed by atoms with Gasteiger partial charge in [0.15, 0.2) is 0 Å². The summed E-state index contributed by atoms with van der Waals surface area (Å²) in [6.07, 6.45) is 2.51. The molecule has 0 saturated carbocycles. The standard InChI is InChI=1S/C17H26N2O3/c1-4-5-9-19(10-6-11-20)17(22)15-8-7-13(2)16(12-15)18-14(3)21/h7-8,12,20H,4-6,9-11H2,1-3H3,(H,18,21). The van der Waals surface area contributed by atoms with Crippen LogP contribution in [0.2, 0.25) is 0 Å². The van der Waals surface area contributed by atoms with Crippen molar-refractivity contribution in [1.29, 1.82) is 0 Å². The molecule has 0 fully saturated rings. The van der Waals surface area contributed by atoms with Crippen LogP contribution in [0.15, 0.2) is 18.2 Å². The molecule has 0 aliphatic heterocycles. The molecule has 0 bridgehead atoms. The molecule has 1 aromatic rings. The third kappa shape index (κ3) is 5.48. The van der Waals surface area contributed by atoms with E-state index in [4.69, 9.17) is 5.11 Å². The van der Waals surface area contributed by atoms with Crippen LogP contribution >= 0.6 is 0 Å². The van der Waals surface area contributed by atoms with Crippen molar-refractivity contribution in [2.24, 2.45) is 0 Å². The van der Waals surface area contributed by atoms with Gasteiger partial charge in [0.25, 0.3) is 5.91 Å². The van der Waals surface area contributed by atoms with E-state index in [-0.39, 0.29) is 18.4 Å². The van der Waals surface area contributed by atoms with Crippen molar-refractivity contribution in [2.45, 2.75) is 40.0 Å². The highest BCUT2D eigenvalue weighted by molar-refractivity contribution is 5.97. The average Bonchev–Trinajstić information content (AvgIpc) is 2.48. The lowest BCUT2D eigenvalue weighted by Crippen LogP contribution is -2.33. The molecule has 0 radical (unpaired) electrons. The lowest BCUT2D eigenvalue weighted by molar-refractivity contribution is -0.114. The molecule has 0 aliphatic carbocycles. The lowest BCUT2D eigenvalue weighted by atomic mass is 10.1. The second-order valence-electron chi connectivity index (χ2n) is 5.43. The Labute approximate surface area is 132 Å². The smallest absolute Gasteiger partial charge is 0.253 e. The van der Waals surface area contributed by atoms with Crippen molar-refractivity contribution in [2.75, 3.05) is 25.0 Å². The van der Waals surface area contributed by atoms with Crippen molar-refractivity contribution in [3.05, 3.63) is 29.3 Å². The molecule has 22 heavy (non-hydrogen) atoms. The number of aliphatic hydroxyl groups is 1. The van der Waals surface area contributed by atoms with E-state index in [9.17, 15) is 9.59 Å². The summed E-state index contributed by atoms with van der Waals surface area (Å²) in [6, 6.07) is 5.33. The van der Waals surface area contributed by atoms with Crippen LogP contribution in [0.1, 0.15) is 49.0 Å². The Morgan fingerprint density at radius 3 is 2.50 bits per heavy atom. The number of nitrogens with one attached hydrogen (secondary N) is 1. The zero-order valence-corrected chi connectivity index (χ0v) is 13.7. The summed E-state index contributed by atoms with van der Waals surface area (Å²) in [4.78, 5) is 25.6. The number of carbonyl (C=O) groups excluding carboxylic acids is 2. The first-order valence-corrected chi connectivity index (χ1v) is 7.78. The Morgan fingerprint density at radius 1 is 1.23 bits per heavy atom. The number of benzene rings is 1. The second-order valence-corrected chi connectivity index (χ2v) is 5.43. The zero-order valence-electron chi connectivity index (χ0n) is 13.7. The molecule has 0 saturated heterocycles. The summed E-state index contributed by atoms with van der Waals surface area (Å²) in [5, 5.41) is 11.7. The second kappa shape index (κ2) is 9.20. The number of aryl methyl sites for hydroxylation is 1. The van der Waals surface area contributed by atoms with E-state index in [1.54, 1.807) is 17.0 Å². The van der Waals surface area contributed by atoms with E-state index in [2.05, 4.69) is 12.2 Å². The summed E-state index contributed by atoms with van der Waals surface area (Å²) in [5.74, 6) is -0.218. The normalized spacial score (nSPS) is 10.4. The summed E-state index contributed by atoms with van der Waals surface area (Å²) in [7, 11) is 0. The van der Waals surface area contributed by atoms with Crippen molar-refractivity contribution in [3.8, 4) is 0 Å². The van der Waals surface area contributed by atoms with E-state index in [1.165, 1.54) is 6.92 Å². The lowest BCUT2D eigenvalue weighted by Gasteiger charge is -2.23. The van der Waals surface area contributed by atoms with Crippen LogP contribution in [0.4, 0.5) is 5.69 Å². The molecule has 0 heterocycles. The van der Waals surface area contributed by atoms with Gasteiger partial charge in [-0.1, -0.05) is 19.4 Å². The number of amides is 2. The van der Waals surface area contributed by atoms with Gasteiger partial charge in [-0.25, -0.2) is 0 Å². The number of hydrogen-bond donors (Lipinski definition) is 2. The number of hydrogen-bond acceptors (Lipinski definition) is 3. The molecule has 1 rings (SSSR count). The van der Waals surface area contributed by atoms with Gasteiger partial charge in [0, 0.05) is 37.9 Å². The van der Waals surface area contributed by atoms with E-state index < -0.39 is 0 Å². The van der Waals surface area contributed by atoms with Gasteiger partial charge in [0.05, 0.1) is 0 Å². The van der Waals surface area contributed by atoms with Gasteiger partial charge in [0.2, 0.25) is 5.91 Å². The predicted molar refractivity (Wildman–Crippen MR) is 88.0 cm³/mol. The quantitative estimate of drug-likeness (QED) is 0.775. The molecular formula is C17H26N2O3. The number of unbranched alkanes of at least 4 members (excludes halogenated alkanes) is 1. The maximum atomic E-state index is 12.6.